The van der Waals surface area contributed by atoms with Gasteiger partial charge < -0.3 is 24.5 Å². The molecule has 0 saturated carbocycles. The molecule has 4 aliphatic heterocycles. The van der Waals surface area contributed by atoms with E-state index in [0.717, 1.165) is 168 Å². The van der Waals surface area contributed by atoms with Crippen LogP contribution < -0.4 is 9.80 Å². The van der Waals surface area contributed by atoms with Crippen LogP contribution in [0.5, 0.6) is 0 Å². The predicted molar refractivity (Wildman–Crippen MR) is 255 cm³/mol. The Hall–Kier alpha value is -4.48. The van der Waals surface area contributed by atoms with E-state index in [1.54, 1.807) is 0 Å². The van der Waals surface area contributed by atoms with Crippen LogP contribution in [0.2, 0.25) is 10.0 Å². The predicted octanol–water partition coefficient (Wildman–Crippen LogP) is 5.53. The summed E-state index contributed by atoms with van der Waals surface area (Å²) >= 11 is 14.0. The first kappa shape index (κ1) is 43.8. The van der Waals surface area contributed by atoms with Crippen LogP contribution in [0.3, 0.4) is 0 Å². The minimum Gasteiger partial charge on any atom is -0.355 e. The zero-order valence-electron chi connectivity index (χ0n) is 37.1. The Morgan fingerprint density at radius 2 is 0.810 bits per heavy atom. The van der Waals surface area contributed by atoms with Crippen LogP contribution in [0.1, 0.15) is 19.3 Å². The van der Waals surface area contributed by atoms with Gasteiger partial charge in [-0.1, -0.05) is 83.9 Å². The molecule has 0 spiro atoms. The second kappa shape index (κ2) is 20.1. The number of hydrogen-bond acceptors (Lipinski definition) is 13. The highest BCUT2D eigenvalue weighted by Crippen LogP contribution is 2.39. The molecule has 6 aromatic rings. The summed E-state index contributed by atoms with van der Waals surface area (Å²) in [7, 11) is 6.53. The van der Waals surface area contributed by atoms with Crippen LogP contribution in [0, 0.1) is 0 Å². The van der Waals surface area contributed by atoms with Crippen molar-refractivity contribution in [3.8, 4) is 22.5 Å². The smallest absolute Gasteiger partial charge is 0.184 e. The summed E-state index contributed by atoms with van der Waals surface area (Å²) in [6, 6.07) is 20.1. The molecular weight excluding hydrogens is 834 g/mol. The maximum absolute atomic E-state index is 7.00. The van der Waals surface area contributed by atoms with Crippen molar-refractivity contribution in [1.82, 2.24) is 64.5 Å². The van der Waals surface area contributed by atoms with Crippen molar-refractivity contribution in [2.75, 3.05) is 136 Å². The first-order valence-electron chi connectivity index (χ1n) is 22.8. The molecule has 17 heteroatoms. The molecule has 0 aliphatic carbocycles. The van der Waals surface area contributed by atoms with Crippen LogP contribution in [-0.2, 0) is 13.1 Å². The molecule has 334 valence electrons. The van der Waals surface area contributed by atoms with Gasteiger partial charge in [0.05, 0.1) is 33.9 Å². The standard InChI is InChI=1S/C23H31ClN8.C23H30ClN7/c1-28-8-12-30(13-9-28)14-17-32-22-19(23(27-32)31-15-10-29(2)11-16-31)20(24)21(25-26-22)18-6-4-3-5-7-18;1-28-12-14-29(15-13-28)16-17-31-22-19(23(27-31)30-10-6-3-7-11-30)20(24)21(25-26-22)18-8-4-2-5-9-18/h3-7H,8-17H2,1-2H3;2,4-5,8-9H,3,6-7,10-17H2,1H3. The Bertz CT molecular complexity index is 2410. The molecular formula is C46H61Cl2N15. The van der Waals surface area contributed by atoms with Crippen molar-refractivity contribution in [2.45, 2.75) is 32.4 Å². The number of halogens is 2. The molecule has 4 fully saturated rings. The summed E-state index contributed by atoms with van der Waals surface area (Å²) < 4.78 is 4.03. The second-order valence-electron chi connectivity index (χ2n) is 17.6. The van der Waals surface area contributed by atoms with Crippen molar-refractivity contribution in [3.05, 3.63) is 70.7 Å². The number of piperidine rings is 1. The number of aromatic nitrogens is 8. The zero-order valence-corrected chi connectivity index (χ0v) is 38.6. The molecule has 8 heterocycles. The molecule has 15 nitrogen and oxygen atoms in total. The number of anilines is 2. The van der Waals surface area contributed by atoms with Crippen LogP contribution in [0.15, 0.2) is 60.7 Å². The number of hydrogen-bond donors (Lipinski definition) is 0. The lowest BCUT2D eigenvalue weighted by atomic mass is 10.1. The van der Waals surface area contributed by atoms with Gasteiger partial charge in [0, 0.05) is 116 Å². The Labute approximate surface area is 381 Å². The summed E-state index contributed by atoms with van der Waals surface area (Å²) in [5, 5.41) is 31.5. The quantitative estimate of drug-likeness (QED) is 0.172. The van der Waals surface area contributed by atoms with Gasteiger partial charge in [-0.3, -0.25) is 9.80 Å². The summed E-state index contributed by atoms with van der Waals surface area (Å²) in [4.78, 5) is 16.8. The molecule has 4 aromatic heterocycles. The Morgan fingerprint density at radius 1 is 0.429 bits per heavy atom. The summed E-state index contributed by atoms with van der Waals surface area (Å²) in [6.45, 7) is 18.2. The van der Waals surface area contributed by atoms with Gasteiger partial charge in [0.25, 0.3) is 0 Å². The molecule has 0 unspecified atom stereocenters. The lowest BCUT2D eigenvalue weighted by Crippen LogP contribution is -2.45. The first-order chi connectivity index (χ1) is 30.8. The van der Waals surface area contributed by atoms with Gasteiger partial charge in [-0.2, -0.15) is 10.2 Å². The van der Waals surface area contributed by atoms with E-state index in [-0.39, 0.29) is 0 Å². The van der Waals surface area contributed by atoms with Crippen LogP contribution in [-0.4, -0.2) is 190 Å². The van der Waals surface area contributed by atoms with E-state index < -0.39 is 0 Å². The van der Waals surface area contributed by atoms with Gasteiger partial charge in [0.2, 0.25) is 0 Å². The zero-order chi connectivity index (χ0) is 43.3. The normalized spacial score (nSPS) is 18.9. The average molecular weight is 895 g/mol. The van der Waals surface area contributed by atoms with Crippen molar-refractivity contribution < 1.29 is 0 Å². The summed E-state index contributed by atoms with van der Waals surface area (Å²) in [5.74, 6) is 1.90. The van der Waals surface area contributed by atoms with Crippen LogP contribution in [0.4, 0.5) is 11.6 Å². The third kappa shape index (κ3) is 9.95. The Morgan fingerprint density at radius 3 is 1.22 bits per heavy atom. The van der Waals surface area contributed by atoms with E-state index >= 15 is 0 Å². The van der Waals surface area contributed by atoms with Gasteiger partial charge in [0.15, 0.2) is 22.9 Å². The van der Waals surface area contributed by atoms with E-state index in [4.69, 9.17) is 33.4 Å². The molecule has 2 aromatic carbocycles. The highest BCUT2D eigenvalue weighted by Gasteiger charge is 2.28. The number of nitrogens with zero attached hydrogens (tertiary/aromatic N) is 15. The van der Waals surface area contributed by atoms with E-state index in [1.165, 1.54) is 19.3 Å². The van der Waals surface area contributed by atoms with E-state index in [2.05, 4.69) is 75.8 Å². The minimum atomic E-state index is 0.640. The molecule has 4 aliphatic rings. The van der Waals surface area contributed by atoms with Crippen molar-refractivity contribution in [1.29, 1.82) is 0 Å². The molecule has 0 radical (unpaired) electrons. The molecule has 63 heavy (non-hydrogen) atoms. The summed E-state index contributed by atoms with van der Waals surface area (Å²) in [6.07, 6.45) is 3.66. The van der Waals surface area contributed by atoms with Crippen LogP contribution >= 0.6 is 23.2 Å². The van der Waals surface area contributed by atoms with Crippen molar-refractivity contribution in [3.63, 3.8) is 0 Å². The third-order valence-corrected chi connectivity index (χ3v) is 13.9. The number of fused-ring (bicyclic) bond motifs is 2. The minimum absolute atomic E-state index is 0.640. The maximum Gasteiger partial charge on any atom is 0.184 e. The topological polar surface area (TPSA) is 110 Å². The molecule has 0 N–H and O–H groups in total. The second-order valence-corrected chi connectivity index (χ2v) is 18.3. The lowest BCUT2D eigenvalue weighted by Gasteiger charge is -2.33. The molecule has 0 amide bonds. The number of likely N-dealkylation sites (N-methyl/N-ethyl adjacent to an activating group) is 3. The van der Waals surface area contributed by atoms with Crippen molar-refractivity contribution in [2.24, 2.45) is 0 Å². The Kier molecular flexibility index (Phi) is 14.0. The molecule has 10 rings (SSSR count). The average Bonchev–Trinajstić information content (AvgIpc) is 3.90. The van der Waals surface area contributed by atoms with E-state index in [9.17, 15) is 0 Å². The third-order valence-electron chi connectivity index (χ3n) is 13.2. The lowest BCUT2D eigenvalue weighted by molar-refractivity contribution is 0.149. The van der Waals surface area contributed by atoms with E-state index in [0.29, 0.717) is 15.7 Å². The Balaban J connectivity index is 0.000000160. The van der Waals surface area contributed by atoms with Gasteiger partial charge >= 0.3 is 0 Å². The van der Waals surface area contributed by atoms with Crippen molar-refractivity contribution >= 4 is 56.9 Å². The van der Waals surface area contributed by atoms with Gasteiger partial charge in [-0.15, -0.1) is 20.4 Å². The SMILES string of the molecule is CN1CCN(CCn2nc(N3CCCCC3)c3c(Cl)c(-c4ccccc4)nnc32)CC1.CN1CCN(CCn2nc(N3CCN(C)CC3)c3c(Cl)c(-c4ccccc4)nnc32)CC1. The number of rotatable bonds is 10. The highest BCUT2D eigenvalue weighted by atomic mass is 35.5. The van der Waals surface area contributed by atoms with Gasteiger partial charge in [-0.25, -0.2) is 9.36 Å². The largest absolute Gasteiger partial charge is 0.355 e. The number of benzene rings is 2. The number of piperazine rings is 3. The van der Waals surface area contributed by atoms with E-state index in [1.807, 2.05) is 70.0 Å². The fourth-order valence-electron chi connectivity index (χ4n) is 9.05. The first-order valence-corrected chi connectivity index (χ1v) is 23.5. The molecule has 0 atom stereocenters. The fraction of sp³-hybridized carbons (Fsp3) is 0.522. The van der Waals surface area contributed by atoms with Crippen LogP contribution in [0.25, 0.3) is 44.6 Å². The fourth-order valence-corrected chi connectivity index (χ4v) is 9.68. The highest BCUT2D eigenvalue weighted by molar-refractivity contribution is 6.39. The molecule has 4 saturated heterocycles. The van der Waals surface area contributed by atoms with Gasteiger partial charge in [0.1, 0.15) is 11.4 Å². The van der Waals surface area contributed by atoms with Gasteiger partial charge in [-0.05, 0) is 40.4 Å². The molecule has 0 bridgehead atoms. The maximum atomic E-state index is 7.00. The summed E-state index contributed by atoms with van der Waals surface area (Å²) in [5.41, 5.74) is 4.97. The monoisotopic (exact) mass is 893 g/mol.